The number of amides is 1. The molecule has 1 radical (unpaired) electrons. The second kappa shape index (κ2) is 6.52. The van der Waals surface area contributed by atoms with E-state index in [4.69, 9.17) is 10.8 Å². The number of nitrogen functional groups attached to an aromatic ring is 1. The van der Waals surface area contributed by atoms with E-state index >= 15 is 0 Å². The molecule has 0 saturated carbocycles. The van der Waals surface area contributed by atoms with E-state index in [1.165, 1.54) is 12.4 Å². The molecule has 0 unspecified atom stereocenters. The maximum Gasteiger partial charge on any atom is 0.391 e. The lowest BCUT2D eigenvalue weighted by atomic mass is 10.1. The fourth-order valence-electron chi connectivity index (χ4n) is 2.84. The Kier molecular flexibility index (Phi) is 4.65. The fourth-order valence-corrected chi connectivity index (χ4v) is 4.70. The molecule has 1 saturated heterocycles. The second-order valence-corrected chi connectivity index (χ2v) is 7.81. The number of likely N-dealkylation sites (tertiary alicyclic amines) is 1. The summed E-state index contributed by atoms with van der Waals surface area (Å²) in [6.45, 7) is 4.96. The summed E-state index contributed by atoms with van der Waals surface area (Å²) in [5.41, 5.74) is 6.77. The molecular weight excluding hydrogens is 410 g/mol. The van der Waals surface area contributed by atoms with Crippen LogP contribution in [0.5, 0.6) is 0 Å². The second-order valence-electron chi connectivity index (χ2n) is 5.18. The van der Waals surface area contributed by atoms with Gasteiger partial charge in [-0.05, 0) is 18.9 Å². The number of aromatic nitrogens is 4. The van der Waals surface area contributed by atoms with Crippen molar-refractivity contribution < 1.29 is 4.79 Å². The topological polar surface area (TPSA) is 89.9 Å². The standard InChI is InChI=1S/C13H15N6O.Al.HI/c1-2-11(20)18-5-3-4-9(7-18)19-13-10(6-17-19)12(14)15-8-16-13;;/h2,8-9H,1,3-5,7H2,(H2,14,15,16);;1H/q;+1;/p-1/t9-;;/m0../s1. The van der Waals surface area contributed by atoms with Crippen LogP contribution in [0.4, 0.5) is 5.82 Å². The lowest BCUT2D eigenvalue weighted by molar-refractivity contribution is -0.127. The average Bonchev–Trinajstić information content (AvgIpc) is 2.94. The van der Waals surface area contributed by atoms with Crippen LogP contribution in [0, 0.1) is 0 Å². The van der Waals surface area contributed by atoms with Gasteiger partial charge in [0.1, 0.15) is 12.1 Å². The maximum atomic E-state index is 11.9. The van der Waals surface area contributed by atoms with Gasteiger partial charge < -0.3 is 10.6 Å². The maximum absolute atomic E-state index is 11.9. The zero-order valence-corrected chi connectivity index (χ0v) is 15.3. The molecule has 3 rings (SSSR count). The Morgan fingerprint density at radius 3 is 3.09 bits per heavy atom. The van der Waals surface area contributed by atoms with E-state index in [-0.39, 0.29) is 23.9 Å². The van der Waals surface area contributed by atoms with Crippen LogP contribution in [0.3, 0.4) is 0 Å². The third-order valence-corrected chi connectivity index (χ3v) is 6.26. The molecule has 2 aromatic rings. The Labute approximate surface area is 145 Å². The van der Waals surface area contributed by atoms with Gasteiger partial charge in [0.15, 0.2) is 5.65 Å². The molecule has 0 aliphatic carbocycles. The molecule has 0 bridgehead atoms. The zero-order chi connectivity index (χ0) is 15.7. The van der Waals surface area contributed by atoms with Crippen molar-refractivity contribution in [1.82, 2.24) is 24.6 Å². The van der Waals surface area contributed by atoms with Crippen molar-refractivity contribution in [3.8, 4) is 0 Å². The molecular formula is C13H15AlIN6O. The number of carbonyl (C=O) groups is 1. The molecule has 2 aromatic heterocycles. The largest absolute Gasteiger partial charge is 0.391 e. The van der Waals surface area contributed by atoms with E-state index in [0.717, 1.165) is 35.0 Å². The summed E-state index contributed by atoms with van der Waals surface area (Å²) < 4.78 is 2.90. The van der Waals surface area contributed by atoms with Crippen LogP contribution >= 0.6 is 20.3 Å². The molecule has 9 heteroatoms. The highest BCUT2D eigenvalue weighted by Crippen LogP contribution is 2.25. The highest BCUT2D eigenvalue weighted by molar-refractivity contribution is 14.1. The Hall–Kier alpha value is -1.18. The lowest BCUT2D eigenvalue weighted by Crippen LogP contribution is -2.40. The zero-order valence-electron chi connectivity index (χ0n) is 11.9. The van der Waals surface area contributed by atoms with Gasteiger partial charge in [0.2, 0.25) is 5.91 Å². The predicted molar refractivity (Wildman–Crippen MR) is 94.2 cm³/mol. The van der Waals surface area contributed by atoms with Gasteiger partial charge in [0.25, 0.3) is 0 Å². The van der Waals surface area contributed by atoms with Crippen molar-refractivity contribution >= 4 is 59.5 Å². The van der Waals surface area contributed by atoms with E-state index in [2.05, 4.69) is 36.8 Å². The highest BCUT2D eigenvalue weighted by atomic mass is 127. The first-order chi connectivity index (χ1) is 10.7. The van der Waals surface area contributed by atoms with Crippen LogP contribution in [-0.4, -0.2) is 55.6 Å². The van der Waals surface area contributed by atoms with Gasteiger partial charge >= 0.3 is 11.9 Å². The Morgan fingerprint density at radius 2 is 2.36 bits per heavy atom. The third kappa shape index (κ3) is 2.73. The molecule has 7 nitrogen and oxygen atoms in total. The SMILES string of the molecule is C=CC(=O)N1CCC[C@H](n2n[c]([Al][I])c3c(N)ncnc32)C1. The van der Waals surface area contributed by atoms with Crippen LogP contribution in [0.2, 0.25) is 0 Å². The number of nitrogens with zero attached hydrogens (tertiary/aromatic N) is 5. The van der Waals surface area contributed by atoms with Gasteiger partial charge in [-0.25, -0.2) is 34.9 Å². The average molecular weight is 425 g/mol. The molecule has 3 heterocycles. The number of anilines is 1. The number of hydrogen-bond donors (Lipinski definition) is 1. The summed E-state index contributed by atoms with van der Waals surface area (Å²) in [6.07, 6.45) is 4.75. The first-order valence-electron chi connectivity index (χ1n) is 6.99. The number of nitrogens with two attached hydrogens (primary N) is 1. The summed E-state index contributed by atoms with van der Waals surface area (Å²) in [5.74, 6) is 0.445. The van der Waals surface area contributed by atoms with Crippen LogP contribution in [0.15, 0.2) is 19.0 Å². The molecule has 0 spiro atoms. The van der Waals surface area contributed by atoms with Crippen molar-refractivity contribution in [2.75, 3.05) is 18.8 Å². The number of carbonyl (C=O) groups excluding carboxylic acids is 1. The molecule has 1 aliphatic heterocycles. The van der Waals surface area contributed by atoms with Gasteiger partial charge in [-0.2, -0.15) is 5.10 Å². The predicted octanol–water partition coefficient (Wildman–Crippen LogP) is 0.437. The molecule has 0 aromatic carbocycles. The summed E-state index contributed by atoms with van der Waals surface area (Å²) in [6, 6.07) is 0.116. The molecule has 113 valence electrons. The minimum atomic E-state index is -0.0324. The smallest absolute Gasteiger partial charge is 0.383 e. The number of piperidine rings is 1. The Bertz CT molecular complexity index is 733. The Morgan fingerprint density at radius 1 is 1.55 bits per heavy atom. The lowest BCUT2D eigenvalue weighted by Gasteiger charge is -2.32. The number of halogens is 1. The van der Waals surface area contributed by atoms with E-state index in [1.54, 1.807) is 0 Å². The van der Waals surface area contributed by atoms with Gasteiger partial charge in [-0.3, -0.25) is 4.79 Å². The first kappa shape index (κ1) is 15.7. The highest BCUT2D eigenvalue weighted by Gasteiger charge is 2.27. The van der Waals surface area contributed by atoms with Crippen LogP contribution in [0.25, 0.3) is 11.0 Å². The molecule has 1 fully saturated rings. The molecule has 1 atom stereocenters. The summed E-state index contributed by atoms with van der Waals surface area (Å²) in [7, 11) is 0. The van der Waals surface area contributed by atoms with Gasteiger partial charge in [0.05, 0.1) is 11.4 Å². The van der Waals surface area contributed by atoms with E-state index in [0.29, 0.717) is 12.4 Å². The van der Waals surface area contributed by atoms with Gasteiger partial charge in [-0.1, -0.05) is 6.58 Å². The number of fused-ring (bicyclic) bond motifs is 1. The van der Waals surface area contributed by atoms with Crippen molar-refractivity contribution in [2.24, 2.45) is 0 Å². The van der Waals surface area contributed by atoms with E-state index in [1.807, 2.05) is 9.58 Å². The summed E-state index contributed by atoms with van der Waals surface area (Å²) in [4.78, 5) is 22.1. The van der Waals surface area contributed by atoms with Crippen molar-refractivity contribution in [1.29, 1.82) is 0 Å². The van der Waals surface area contributed by atoms with Crippen molar-refractivity contribution in [3.63, 3.8) is 0 Å². The van der Waals surface area contributed by atoms with Crippen molar-refractivity contribution in [2.45, 2.75) is 18.9 Å². The normalized spacial score (nSPS) is 18.4. The summed E-state index contributed by atoms with van der Waals surface area (Å²) >= 11 is 2.33. The Balaban J connectivity index is 2.01. The van der Waals surface area contributed by atoms with E-state index < -0.39 is 0 Å². The van der Waals surface area contributed by atoms with Crippen molar-refractivity contribution in [3.05, 3.63) is 19.0 Å². The van der Waals surface area contributed by atoms with Gasteiger partial charge in [-0.15, -0.1) is 0 Å². The van der Waals surface area contributed by atoms with E-state index in [9.17, 15) is 4.79 Å². The minimum Gasteiger partial charge on any atom is -0.383 e. The third-order valence-electron chi connectivity index (χ3n) is 3.88. The van der Waals surface area contributed by atoms with Crippen LogP contribution in [0.1, 0.15) is 18.9 Å². The fraction of sp³-hybridized carbons (Fsp3) is 0.385. The minimum absolute atomic E-state index is 0.0163. The number of hydrogen-bond acceptors (Lipinski definition) is 5. The first-order valence-corrected chi connectivity index (χ1v) is 11.7. The number of rotatable bonds is 3. The molecule has 2 N–H and O–H groups in total. The molecule has 1 amide bonds. The van der Waals surface area contributed by atoms with Crippen LogP contribution < -0.4 is 10.3 Å². The summed E-state index contributed by atoms with van der Waals surface area (Å²) in [5, 5.41) is 5.57. The molecule has 1 aliphatic rings. The molecule has 22 heavy (non-hydrogen) atoms. The van der Waals surface area contributed by atoms with Gasteiger partial charge in [0, 0.05) is 17.6 Å². The quantitative estimate of drug-likeness (QED) is 0.438. The monoisotopic (exact) mass is 425 g/mol. The van der Waals surface area contributed by atoms with Crippen LogP contribution in [-0.2, 0) is 4.79 Å².